The highest BCUT2D eigenvalue weighted by Crippen LogP contribution is 2.15. The van der Waals surface area contributed by atoms with Gasteiger partial charge in [-0.15, -0.1) is 0 Å². The van der Waals surface area contributed by atoms with Crippen molar-refractivity contribution >= 4 is 6.29 Å². The molecule has 13 heavy (non-hydrogen) atoms. The second-order valence-electron chi connectivity index (χ2n) is 3.71. The van der Waals surface area contributed by atoms with Crippen LogP contribution in [0.25, 0.3) is 0 Å². The molecule has 0 aliphatic heterocycles. The van der Waals surface area contributed by atoms with E-state index in [4.69, 9.17) is 0 Å². The van der Waals surface area contributed by atoms with Crippen molar-refractivity contribution in [2.24, 2.45) is 0 Å². The van der Waals surface area contributed by atoms with Gasteiger partial charge in [-0.3, -0.25) is 4.79 Å². The second kappa shape index (κ2) is 3.73. The number of carbonyl (C=O) groups excluding carboxylic acids is 1. The predicted molar refractivity (Wildman–Crippen MR) is 49.6 cm³/mol. The van der Waals surface area contributed by atoms with Crippen molar-refractivity contribution in [2.45, 2.75) is 32.5 Å². The zero-order chi connectivity index (χ0) is 9.90. The van der Waals surface area contributed by atoms with Crippen LogP contribution in [0, 0.1) is 0 Å². The minimum Gasteiger partial charge on any atom is -0.345 e. The molecule has 0 aliphatic carbocycles. The molecule has 0 saturated carbocycles. The lowest BCUT2D eigenvalue weighted by molar-refractivity contribution is 0.111. The molecule has 2 nitrogen and oxygen atoms in total. The molecule has 1 aromatic heterocycles. The average Bonchev–Trinajstić information content (AvgIpc) is 2.46. The lowest BCUT2D eigenvalue weighted by atomic mass is 10.1. The van der Waals surface area contributed by atoms with Crippen LogP contribution in [0.3, 0.4) is 0 Å². The first-order chi connectivity index (χ1) is 6.03. The smallest absolute Gasteiger partial charge is 0.166 e. The molecule has 1 aromatic rings. The van der Waals surface area contributed by atoms with E-state index in [0.29, 0.717) is 18.7 Å². The van der Waals surface area contributed by atoms with Gasteiger partial charge < -0.3 is 4.57 Å². The molecule has 0 fully saturated rings. The van der Waals surface area contributed by atoms with Crippen molar-refractivity contribution in [2.75, 3.05) is 0 Å². The van der Waals surface area contributed by atoms with Crippen LogP contribution in [0.5, 0.6) is 0 Å². The van der Waals surface area contributed by atoms with Crippen LogP contribution in [-0.4, -0.2) is 16.5 Å². The summed E-state index contributed by atoms with van der Waals surface area (Å²) < 4.78 is 14.9. The molecule has 0 aromatic carbocycles. The molecular weight excluding hydrogens is 169 g/mol. The van der Waals surface area contributed by atoms with Crippen molar-refractivity contribution < 1.29 is 9.18 Å². The van der Waals surface area contributed by atoms with Gasteiger partial charge >= 0.3 is 0 Å². The zero-order valence-electron chi connectivity index (χ0n) is 7.96. The van der Waals surface area contributed by atoms with Crippen LogP contribution in [-0.2, 0) is 6.54 Å². The summed E-state index contributed by atoms with van der Waals surface area (Å²) in [6.45, 7) is 3.62. The average molecular weight is 183 g/mol. The third kappa shape index (κ3) is 3.01. The van der Waals surface area contributed by atoms with Gasteiger partial charge in [-0.2, -0.15) is 0 Å². The lowest BCUT2D eigenvalue weighted by Gasteiger charge is -2.14. The number of alkyl halides is 1. The minimum absolute atomic E-state index is 0.419. The Morgan fingerprint density at radius 1 is 1.62 bits per heavy atom. The Bertz CT molecular complexity index is 285. The SMILES string of the molecule is CC(C)(F)CCn1cccc1C=O. The molecule has 0 atom stereocenters. The van der Waals surface area contributed by atoms with Gasteiger partial charge in [0.05, 0.1) is 5.69 Å². The molecule has 0 N–H and O–H groups in total. The van der Waals surface area contributed by atoms with Crippen LogP contribution in [0.4, 0.5) is 4.39 Å². The fourth-order valence-electron chi connectivity index (χ4n) is 1.12. The van der Waals surface area contributed by atoms with Crippen molar-refractivity contribution in [3.8, 4) is 0 Å². The number of hydrogen-bond donors (Lipinski definition) is 0. The first-order valence-electron chi connectivity index (χ1n) is 4.32. The van der Waals surface area contributed by atoms with Gasteiger partial charge in [0.25, 0.3) is 0 Å². The molecule has 0 amide bonds. The summed E-state index contributed by atoms with van der Waals surface area (Å²) in [4.78, 5) is 10.5. The fraction of sp³-hybridized carbons (Fsp3) is 0.500. The van der Waals surface area contributed by atoms with Gasteiger partial charge in [0, 0.05) is 12.7 Å². The summed E-state index contributed by atoms with van der Waals surface area (Å²) in [7, 11) is 0. The summed E-state index contributed by atoms with van der Waals surface area (Å²) in [5.41, 5.74) is -0.575. The summed E-state index contributed by atoms with van der Waals surface area (Å²) in [5.74, 6) is 0. The summed E-state index contributed by atoms with van der Waals surface area (Å²) in [5, 5.41) is 0. The van der Waals surface area contributed by atoms with E-state index in [9.17, 15) is 9.18 Å². The first kappa shape index (κ1) is 9.96. The van der Waals surface area contributed by atoms with E-state index in [0.717, 1.165) is 6.29 Å². The standard InChI is InChI=1S/C10H14FNO/c1-10(2,11)5-7-12-6-3-4-9(12)8-13/h3-4,6,8H,5,7H2,1-2H3. The third-order valence-electron chi connectivity index (χ3n) is 1.93. The van der Waals surface area contributed by atoms with E-state index in [1.165, 1.54) is 13.8 Å². The van der Waals surface area contributed by atoms with Gasteiger partial charge in [-0.25, -0.2) is 4.39 Å². The number of aldehydes is 1. The largest absolute Gasteiger partial charge is 0.345 e. The molecular formula is C10H14FNO. The second-order valence-corrected chi connectivity index (χ2v) is 3.71. The van der Waals surface area contributed by atoms with Gasteiger partial charge in [0.1, 0.15) is 5.67 Å². The molecule has 0 aliphatic rings. The van der Waals surface area contributed by atoms with Gasteiger partial charge in [0.2, 0.25) is 0 Å². The number of hydrogen-bond acceptors (Lipinski definition) is 1. The highest BCUT2D eigenvalue weighted by molar-refractivity contribution is 5.72. The number of aromatic nitrogens is 1. The van der Waals surface area contributed by atoms with Crippen LogP contribution in [0.1, 0.15) is 30.8 Å². The maximum Gasteiger partial charge on any atom is 0.166 e. The topological polar surface area (TPSA) is 22.0 Å². The molecule has 1 heterocycles. The fourth-order valence-corrected chi connectivity index (χ4v) is 1.12. The van der Waals surface area contributed by atoms with Crippen LogP contribution >= 0.6 is 0 Å². The quantitative estimate of drug-likeness (QED) is 0.657. The summed E-state index contributed by atoms with van der Waals surface area (Å²) >= 11 is 0. The number of aryl methyl sites for hydroxylation is 1. The molecule has 0 spiro atoms. The van der Waals surface area contributed by atoms with Crippen molar-refractivity contribution in [3.63, 3.8) is 0 Å². The highest BCUT2D eigenvalue weighted by Gasteiger charge is 2.15. The van der Waals surface area contributed by atoms with Gasteiger partial charge in [-0.05, 0) is 32.4 Å². The number of carbonyl (C=O) groups is 1. The summed E-state index contributed by atoms with van der Waals surface area (Å²) in [6, 6.07) is 3.51. The predicted octanol–water partition coefficient (Wildman–Crippen LogP) is 2.44. The van der Waals surface area contributed by atoms with Crippen molar-refractivity contribution in [1.29, 1.82) is 0 Å². The Morgan fingerprint density at radius 3 is 2.85 bits per heavy atom. The lowest BCUT2D eigenvalue weighted by Crippen LogP contribution is -2.16. The van der Waals surface area contributed by atoms with Crippen LogP contribution < -0.4 is 0 Å². The van der Waals surface area contributed by atoms with E-state index >= 15 is 0 Å². The Morgan fingerprint density at radius 2 is 2.31 bits per heavy atom. The molecule has 0 bridgehead atoms. The Kier molecular flexibility index (Phi) is 2.86. The van der Waals surface area contributed by atoms with Crippen molar-refractivity contribution in [1.82, 2.24) is 4.57 Å². The van der Waals surface area contributed by atoms with Crippen LogP contribution in [0.15, 0.2) is 18.3 Å². The first-order valence-corrected chi connectivity index (χ1v) is 4.32. The van der Waals surface area contributed by atoms with E-state index in [2.05, 4.69) is 0 Å². The third-order valence-corrected chi connectivity index (χ3v) is 1.93. The van der Waals surface area contributed by atoms with E-state index in [-0.39, 0.29) is 0 Å². The van der Waals surface area contributed by atoms with E-state index < -0.39 is 5.67 Å². The maximum atomic E-state index is 13.1. The molecule has 3 heteroatoms. The minimum atomic E-state index is -1.18. The maximum absolute atomic E-state index is 13.1. The number of nitrogens with zero attached hydrogens (tertiary/aromatic N) is 1. The van der Waals surface area contributed by atoms with E-state index in [1.807, 2.05) is 0 Å². The Hall–Kier alpha value is -1.12. The molecule has 1 rings (SSSR count). The number of halogens is 1. The molecule has 0 saturated heterocycles. The van der Waals surface area contributed by atoms with Gasteiger partial charge in [-0.1, -0.05) is 0 Å². The van der Waals surface area contributed by atoms with Crippen molar-refractivity contribution in [3.05, 3.63) is 24.0 Å². The molecule has 0 radical (unpaired) electrons. The Labute approximate surface area is 77.4 Å². The summed E-state index contributed by atoms with van der Waals surface area (Å²) in [6.07, 6.45) is 2.99. The van der Waals surface area contributed by atoms with Crippen LogP contribution in [0.2, 0.25) is 0 Å². The number of rotatable bonds is 4. The monoisotopic (exact) mass is 183 g/mol. The van der Waals surface area contributed by atoms with E-state index in [1.54, 1.807) is 22.9 Å². The molecule has 0 unspecified atom stereocenters. The normalized spacial score (nSPS) is 11.6. The Balaban J connectivity index is 2.59. The zero-order valence-corrected chi connectivity index (χ0v) is 7.96. The van der Waals surface area contributed by atoms with Gasteiger partial charge in [0.15, 0.2) is 6.29 Å². The highest BCUT2D eigenvalue weighted by atomic mass is 19.1. The molecule has 72 valence electrons.